The highest BCUT2D eigenvalue weighted by Gasteiger charge is 2.15. The predicted molar refractivity (Wildman–Crippen MR) is 125 cm³/mol. The van der Waals surface area contributed by atoms with Gasteiger partial charge in [0.05, 0.1) is 22.3 Å². The molecular formula is C25H24N4O2. The van der Waals surface area contributed by atoms with Gasteiger partial charge in [-0.1, -0.05) is 41.5 Å². The standard InChI is InChI=1S/C25H24N4O2/c1-15-9-11-22(17(3)13-15)29-24(31)19-7-5-6-8-21(19)26-25(29)28-27-18(4)20-14-16(2)10-12-23(20)30/h5-14,30H,1-4H3,(H,26,28)/b27-18+. The molecule has 6 nitrogen and oxygen atoms in total. The molecule has 0 saturated heterocycles. The third-order valence-electron chi connectivity index (χ3n) is 5.23. The zero-order valence-corrected chi connectivity index (χ0v) is 18.0. The summed E-state index contributed by atoms with van der Waals surface area (Å²) in [5.74, 6) is 0.453. The lowest BCUT2D eigenvalue weighted by Crippen LogP contribution is -2.23. The molecule has 1 heterocycles. The summed E-state index contributed by atoms with van der Waals surface area (Å²) in [5.41, 5.74) is 8.39. The molecule has 0 unspecified atom stereocenters. The van der Waals surface area contributed by atoms with Gasteiger partial charge in [0.15, 0.2) is 0 Å². The maximum Gasteiger partial charge on any atom is 0.267 e. The van der Waals surface area contributed by atoms with Crippen molar-refractivity contribution in [3.63, 3.8) is 0 Å². The number of aromatic hydroxyl groups is 1. The molecule has 0 saturated carbocycles. The quantitative estimate of drug-likeness (QED) is 0.371. The number of hydrazone groups is 1. The maximum atomic E-state index is 13.4. The van der Waals surface area contributed by atoms with Gasteiger partial charge in [-0.05, 0) is 63.6 Å². The first-order valence-electron chi connectivity index (χ1n) is 10.0. The molecule has 0 aliphatic rings. The van der Waals surface area contributed by atoms with Gasteiger partial charge in [0, 0.05) is 5.56 Å². The fourth-order valence-corrected chi connectivity index (χ4v) is 3.62. The molecule has 0 atom stereocenters. The maximum absolute atomic E-state index is 13.4. The highest BCUT2D eigenvalue weighted by atomic mass is 16.3. The number of phenols is 1. The number of phenolic OH excluding ortho intramolecular Hbond substituents is 1. The van der Waals surface area contributed by atoms with E-state index in [0.29, 0.717) is 28.1 Å². The number of para-hydroxylation sites is 1. The molecule has 156 valence electrons. The first kappa shape index (κ1) is 20.3. The molecule has 0 aliphatic carbocycles. The normalized spacial score (nSPS) is 11.7. The van der Waals surface area contributed by atoms with Crippen LogP contribution >= 0.6 is 0 Å². The first-order chi connectivity index (χ1) is 14.8. The van der Waals surface area contributed by atoms with Gasteiger partial charge in [0.25, 0.3) is 5.56 Å². The van der Waals surface area contributed by atoms with E-state index in [1.807, 2.05) is 63.2 Å². The van der Waals surface area contributed by atoms with Crippen LogP contribution < -0.4 is 11.0 Å². The van der Waals surface area contributed by atoms with Crippen LogP contribution in [0.1, 0.15) is 29.2 Å². The third kappa shape index (κ3) is 3.92. The highest BCUT2D eigenvalue weighted by Crippen LogP contribution is 2.22. The number of benzene rings is 3. The summed E-state index contributed by atoms with van der Waals surface area (Å²) in [6.07, 6.45) is 0. The minimum atomic E-state index is -0.175. The van der Waals surface area contributed by atoms with Crippen molar-refractivity contribution in [2.45, 2.75) is 27.7 Å². The van der Waals surface area contributed by atoms with Crippen LogP contribution in [0.4, 0.5) is 5.95 Å². The molecule has 4 aromatic rings. The number of hydrogen-bond donors (Lipinski definition) is 2. The number of aromatic nitrogens is 2. The van der Waals surface area contributed by atoms with Crippen LogP contribution in [0.15, 0.2) is 70.6 Å². The molecule has 3 aromatic carbocycles. The van der Waals surface area contributed by atoms with Gasteiger partial charge in [0.2, 0.25) is 5.95 Å². The third-order valence-corrected chi connectivity index (χ3v) is 5.23. The van der Waals surface area contributed by atoms with Gasteiger partial charge in [-0.2, -0.15) is 5.10 Å². The molecule has 0 bridgehead atoms. The molecule has 0 amide bonds. The molecule has 0 spiro atoms. The van der Waals surface area contributed by atoms with Crippen LogP contribution in [-0.4, -0.2) is 20.4 Å². The van der Waals surface area contributed by atoms with Crippen molar-refractivity contribution in [1.29, 1.82) is 0 Å². The second-order valence-electron chi connectivity index (χ2n) is 7.71. The Morgan fingerprint density at radius 3 is 2.48 bits per heavy atom. The Kier molecular flexibility index (Phi) is 5.29. The van der Waals surface area contributed by atoms with E-state index < -0.39 is 0 Å². The summed E-state index contributed by atoms with van der Waals surface area (Å²) >= 11 is 0. The summed E-state index contributed by atoms with van der Waals surface area (Å²) in [7, 11) is 0. The number of nitrogens with zero attached hydrogens (tertiary/aromatic N) is 3. The van der Waals surface area contributed by atoms with Crippen LogP contribution in [0.5, 0.6) is 5.75 Å². The Bertz CT molecular complexity index is 1390. The van der Waals surface area contributed by atoms with Crippen molar-refractivity contribution in [3.8, 4) is 11.4 Å². The minimum Gasteiger partial charge on any atom is -0.507 e. The second kappa shape index (κ2) is 8.07. The van der Waals surface area contributed by atoms with Gasteiger partial charge in [-0.15, -0.1) is 0 Å². The molecular weight excluding hydrogens is 388 g/mol. The summed E-state index contributed by atoms with van der Waals surface area (Å²) in [6, 6.07) is 18.5. The Morgan fingerprint density at radius 2 is 1.71 bits per heavy atom. The van der Waals surface area contributed by atoms with Gasteiger partial charge in [0.1, 0.15) is 5.75 Å². The topological polar surface area (TPSA) is 79.5 Å². The van der Waals surface area contributed by atoms with Crippen molar-refractivity contribution in [3.05, 3.63) is 93.3 Å². The zero-order chi connectivity index (χ0) is 22.1. The molecule has 0 aliphatic heterocycles. The highest BCUT2D eigenvalue weighted by molar-refractivity contribution is 6.01. The van der Waals surface area contributed by atoms with Crippen LogP contribution in [-0.2, 0) is 0 Å². The monoisotopic (exact) mass is 412 g/mol. The van der Waals surface area contributed by atoms with E-state index in [1.54, 1.807) is 29.7 Å². The molecule has 31 heavy (non-hydrogen) atoms. The lowest BCUT2D eigenvalue weighted by molar-refractivity contribution is 0.474. The minimum absolute atomic E-state index is 0.145. The van der Waals surface area contributed by atoms with Crippen molar-refractivity contribution in [2.75, 3.05) is 5.43 Å². The molecule has 0 radical (unpaired) electrons. The average Bonchev–Trinajstić information content (AvgIpc) is 2.75. The van der Waals surface area contributed by atoms with E-state index in [1.165, 1.54) is 0 Å². The van der Waals surface area contributed by atoms with E-state index in [0.717, 1.165) is 22.4 Å². The van der Waals surface area contributed by atoms with E-state index in [2.05, 4.69) is 15.5 Å². The Balaban J connectivity index is 1.88. The van der Waals surface area contributed by atoms with E-state index in [-0.39, 0.29) is 11.3 Å². The lowest BCUT2D eigenvalue weighted by atomic mass is 10.1. The largest absolute Gasteiger partial charge is 0.507 e. The zero-order valence-electron chi connectivity index (χ0n) is 18.0. The number of anilines is 1. The number of nitrogens with one attached hydrogen (secondary N) is 1. The van der Waals surface area contributed by atoms with Crippen LogP contribution in [0.2, 0.25) is 0 Å². The summed E-state index contributed by atoms with van der Waals surface area (Å²) in [5, 5.41) is 15.2. The van der Waals surface area contributed by atoms with Gasteiger partial charge >= 0.3 is 0 Å². The van der Waals surface area contributed by atoms with Crippen molar-refractivity contribution in [2.24, 2.45) is 5.10 Å². The molecule has 4 rings (SSSR count). The number of hydrogen-bond acceptors (Lipinski definition) is 5. The van der Waals surface area contributed by atoms with Gasteiger partial charge in [-0.3, -0.25) is 4.79 Å². The second-order valence-corrected chi connectivity index (χ2v) is 7.71. The fourth-order valence-electron chi connectivity index (χ4n) is 3.62. The SMILES string of the molecule is C/C(=N\Nc1nc2ccccc2c(=O)n1-c1ccc(C)cc1C)c1cc(C)ccc1O. The smallest absolute Gasteiger partial charge is 0.267 e. The fraction of sp³-hybridized carbons (Fsp3) is 0.160. The lowest BCUT2D eigenvalue weighted by Gasteiger charge is -2.16. The van der Waals surface area contributed by atoms with Crippen molar-refractivity contribution in [1.82, 2.24) is 9.55 Å². The molecule has 0 fully saturated rings. The average molecular weight is 412 g/mol. The van der Waals surface area contributed by atoms with Crippen molar-refractivity contribution < 1.29 is 5.11 Å². The van der Waals surface area contributed by atoms with Crippen molar-refractivity contribution >= 4 is 22.6 Å². The Hall–Kier alpha value is -3.93. The number of aryl methyl sites for hydroxylation is 3. The van der Waals surface area contributed by atoms with E-state index in [4.69, 9.17) is 0 Å². The summed E-state index contributed by atoms with van der Waals surface area (Å²) in [6.45, 7) is 7.72. The van der Waals surface area contributed by atoms with Crippen LogP contribution in [0, 0.1) is 20.8 Å². The van der Waals surface area contributed by atoms with E-state index >= 15 is 0 Å². The summed E-state index contributed by atoms with van der Waals surface area (Å²) < 4.78 is 1.55. The Morgan fingerprint density at radius 1 is 1.00 bits per heavy atom. The van der Waals surface area contributed by atoms with Crippen LogP contribution in [0.3, 0.4) is 0 Å². The predicted octanol–water partition coefficient (Wildman–Crippen LogP) is 4.85. The molecule has 6 heteroatoms. The van der Waals surface area contributed by atoms with E-state index in [9.17, 15) is 9.90 Å². The van der Waals surface area contributed by atoms with Gasteiger partial charge < -0.3 is 5.11 Å². The van der Waals surface area contributed by atoms with Crippen LogP contribution in [0.25, 0.3) is 16.6 Å². The number of rotatable bonds is 4. The first-order valence-corrected chi connectivity index (χ1v) is 10.0. The Labute approximate surface area is 180 Å². The number of fused-ring (bicyclic) bond motifs is 1. The van der Waals surface area contributed by atoms with Gasteiger partial charge in [-0.25, -0.2) is 15.0 Å². The molecule has 1 aromatic heterocycles. The molecule has 2 N–H and O–H groups in total. The summed E-state index contributed by atoms with van der Waals surface area (Å²) in [4.78, 5) is 18.1.